The van der Waals surface area contributed by atoms with Crippen molar-refractivity contribution in [3.63, 3.8) is 0 Å². The first kappa shape index (κ1) is 12.5. The van der Waals surface area contributed by atoms with E-state index in [-0.39, 0.29) is 36.1 Å². The van der Waals surface area contributed by atoms with Crippen molar-refractivity contribution in [2.75, 3.05) is 19.6 Å². The van der Waals surface area contributed by atoms with E-state index >= 15 is 0 Å². The van der Waals surface area contributed by atoms with Gasteiger partial charge in [0.15, 0.2) is 0 Å². The molecule has 2 saturated heterocycles. The van der Waals surface area contributed by atoms with Crippen LogP contribution >= 0.6 is 0 Å². The smallest absolute Gasteiger partial charge is 0.324 e. The van der Waals surface area contributed by atoms with Crippen molar-refractivity contribution in [1.29, 1.82) is 0 Å². The number of rotatable bonds is 2. The summed E-state index contributed by atoms with van der Waals surface area (Å²) in [5, 5.41) is 2.48. The van der Waals surface area contributed by atoms with Gasteiger partial charge in [0.25, 0.3) is 5.91 Å². The normalized spacial score (nSPS) is 22.3. The summed E-state index contributed by atoms with van der Waals surface area (Å²) >= 11 is 0. The summed E-state index contributed by atoms with van der Waals surface area (Å²) < 4.78 is 0. The first-order valence-electron chi connectivity index (χ1n) is 6.32. The Labute approximate surface area is 114 Å². The Morgan fingerprint density at radius 3 is 2.85 bits per heavy atom. The van der Waals surface area contributed by atoms with Crippen molar-refractivity contribution < 1.29 is 14.4 Å². The van der Waals surface area contributed by atoms with E-state index in [1.807, 2.05) is 0 Å². The summed E-state index contributed by atoms with van der Waals surface area (Å²) in [6, 6.07) is -0.639. The van der Waals surface area contributed by atoms with E-state index in [1.54, 1.807) is 4.90 Å². The fraction of sp³-hybridized carbons (Fsp3) is 0.417. The van der Waals surface area contributed by atoms with Crippen molar-refractivity contribution in [3.8, 4) is 0 Å². The Hall–Kier alpha value is -2.51. The number of hydrogen-bond acceptors (Lipinski definition) is 5. The molecule has 0 spiro atoms. The molecule has 2 aliphatic heterocycles. The van der Waals surface area contributed by atoms with Gasteiger partial charge in [-0.15, -0.1) is 0 Å². The van der Waals surface area contributed by atoms with Crippen molar-refractivity contribution in [3.05, 3.63) is 24.3 Å². The minimum atomic E-state index is -0.381. The third-order valence-corrected chi connectivity index (χ3v) is 3.48. The molecule has 3 heterocycles. The van der Waals surface area contributed by atoms with Gasteiger partial charge in [-0.1, -0.05) is 0 Å². The summed E-state index contributed by atoms with van der Waals surface area (Å²) in [5.74, 6) is -0.471. The molecule has 1 aromatic heterocycles. The number of nitrogens with zero attached hydrogens (tertiary/aromatic N) is 4. The van der Waals surface area contributed by atoms with Crippen molar-refractivity contribution in [1.82, 2.24) is 25.1 Å². The number of hydrogen-bond donors (Lipinski definition) is 1. The fourth-order valence-corrected chi connectivity index (χ4v) is 2.51. The lowest BCUT2D eigenvalue weighted by Crippen LogP contribution is -2.43. The molecule has 2 fully saturated rings. The van der Waals surface area contributed by atoms with Crippen LogP contribution in [0.4, 0.5) is 4.79 Å². The highest BCUT2D eigenvalue weighted by atomic mass is 16.2. The third-order valence-electron chi connectivity index (χ3n) is 3.48. The van der Waals surface area contributed by atoms with Crippen LogP contribution in [0, 0.1) is 0 Å². The summed E-state index contributed by atoms with van der Waals surface area (Å²) in [7, 11) is 0. The van der Waals surface area contributed by atoms with Gasteiger partial charge in [-0.3, -0.25) is 19.5 Å². The fourth-order valence-electron chi connectivity index (χ4n) is 2.51. The molecule has 20 heavy (non-hydrogen) atoms. The molecule has 8 heteroatoms. The Bertz CT molecular complexity index is 545. The SMILES string of the molecule is O=C(c1cnccn1)N1CCC(N2C(=O)CNC2=O)C1. The van der Waals surface area contributed by atoms with Gasteiger partial charge in [0.05, 0.1) is 18.8 Å². The quantitative estimate of drug-likeness (QED) is 0.716. The predicted octanol–water partition coefficient (Wildman–Crippen LogP) is -0.757. The maximum Gasteiger partial charge on any atom is 0.324 e. The highest BCUT2D eigenvalue weighted by Crippen LogP contribution is 2.19. The maximum absolute atomic E-state index is 12.2. The number of likely N-dealkylation sites (tertiary alicyclic amines) is 1. The van der Waals surface area contributed by atoms with Crippen molar-refractivity contribution in [2.45, 2.75) is 12.5 Å². The van der Waals surface area contributed by atoms with E-state index in [0.29, 0.717) is 19.5 Å². The van der Waals surface area contributed by atoms with Gasteiger partial charge in [-0.2, -0.15) is 0 Å². The summed E-state index contributed by atoms with van der Waals surface area (Å²) in [4.78, 5) is 46.0. The zero-order valence-corrected chi connectivity index (χ0v) is 10.7. The molecule has 8 nitrogen and oxygen atoms in total. The first-order chi connectivity index (χ1) is 9.66. The van der Waals surface area contributed by atoms with Crippen LogP contribution in [-0.4, -0.2) is 63.3 Å². The molecule has 4 amide bonds. The monoisotopic (exact) mass is 275 g/mol. The highest BCUT2D eigenvalue weighted by molar-refractivity contribution is 6.02. The second kappa shape index (κ2) is 4.87. The minimum Gasteiger partial charge on any atom is -0.335 e. The number of urea groups is 1. The Kier molecular flexibility index (Phi) is 3.05. The van der Waals surface area contributed by atoms with Crippen LogP contribution in [0.5, 0.6) is 0 Å². The van der Waals surface area contributed by atoms with E-state index in [0.717, 1.165) is 0 Å². The van der Waals surface area contributed by atoms with Gasteiger partial charge < -0.3 is 10.2 Å². The molecule has 0 bridgehead atoms. The van der Waals surface area contributed by atoms with E-state index in [9.17, 15) is 14.4 Å². The molecule has 3 rings (SSSR count). The van der Waals surface area contributed by atoms with E-state index in [1.165, 1.54) is 23.5 Å². The lowest BCUT2D eigenvalue weighted by molar-refractivity contribution is -0.126. The minimum absolute atomic E-state index is 0.0352. The molecular weight excluding hydrogens is 262 g/mol. The largest absolute Gasteiger partial charge is 0.335 e. The third kappa shape index (κ3) is 2.09. The summed E-state index contributed by atoms with van der Waals surface area (Å²) in [5.41, 5.74) is 0.269. The second-order valence-corrected chi connectivity index (χ2v) is 4.71. The van der Waals surface area contributed by atoms with E-state index < -0.39 is 0 Å². The van der Waals surface area contributed by atoms with Gasteiger partial charge in [0, 0.05) is 25.5 Å². The number of carbonyl (C=O) groups excluding carboxylic acids is 3. The van der Waals surface area contributed by atoms with Gasteiger partial charge in [-0.25, -0.2) is 9.78 Å². The number of aromatic nitrogens is 2. The van der Waals surface area contributed by atoms with Crippen LogP contribution < -0.4 is 5.32 Å². The van der Waals surface area contributed by atoms with Crippen LogP contribution in [0.15, 0.2) is 18.6 Å². The molecule has 0 aromatic carbocycles. The zero-order chi connectivity index (χ0) is 14.1. The molecule has 2 aliphatic rings. The molecule has 104 valence electrons. The van der Waals surface area contributed by atoms with Gasteiger partial charge in [-0.05, 0) is 6.42 Å². The average Bonchev–Trinajstić information content (AvgIpc) is 3.06. The zero-order valence-electron chi connectivity index (χ0n) is 10.7. The Morgan fingerprint density at radius 1 is 1.35 bits per heavy atom. The standard InChI is InChI=1S/C12H13N5O3/c18-10-6-15-12(20)17(10)8-1-4-16(7-8)11(19)9-5-13-2-3-14-9/h2-3,5,8H,1,4,6-7H2,(H,15,20). The topological polar surface area (TPSA) is 95.5 Å². The van der Waals surface area contributed by atoms with Crippen LogP contribution in [0.2, 0.25) is 0 Å². The van der Waals surface area contributed by atoms with E-state index in [2.05, 4.69) is 15.3 Å². The first-order valence-corrected chi connectivity index (χ1v) is 6.32. The van der Waals surface area contributed by atoms with Crippen LogP contribution in [0.3, 0.4) is 0 Å². The lowest BCUT2D eigenvalue weighted by Gasteiger charge is -2.21. The molecular formula is C12H13N5O3. The molecule has 0 radical (unpaired) electrons. The Balaban J connectivity index is 1.69. The molecule has 1 unspecified atom stereocenters. The second-order valence-electron chi connectivity index (χ2n) is 4.71. The van der Waals surface area contributed by atoms with Crippen molar-refractivity contribution >= 4 is 17.8 Å². The number of amides is 4. The number of nitrogens with one attached hydrogen (secondary N) is 1. The lowest BCUT2D eigenvalue weighted by atomic mass is 10.2. The highest BCUT2D eigenvalue weighted by Gasteiger charge is 2.39. The summed E-state index contributed by atoms with van der Waals surface area (Å²) in [6.07, 6.45) is 4.95. The molecule has 1 N–H and O–H groups in total. The predicted molar refractivity (Wildman–Crippen MR) is 66.6 cm³/mol. The van der Waals surface area contributed by atoms with Gasteiger partial charge >= 0.3 is 6.03 Å². The van der Waals surface area contributed by atoms with Crippen LogP contribution in [-0.2, 0) is 4.79 Å². The van der Waals surface area contributed by atoms with E-state index in [4.69, 9.17) is 0 Å². The molecule has 0 aliphatic carbocycles. The number of imide groups is 1. The van der Waals surface area contributed by atoms with Crippen molar-refractivity contribution in [2.24, 2.45) is 0 Å². The van der Waals surface area contributed by atoms with Crippen LogP contribution in [0.1, 0.15) is 16.9 Å². The Morgan fingerprint density at radius 2 is 2.20 bits per heavy atom. The molecule has 0 saturated carbocycles. The molecule has 1 aromatic rings. The van der Waals surface area contributed by atoms with Crippen LogP contribution in [0.25, 0.3) is 0 Å². The number of carbonyl (C=O) groups is 3. The summed E-state index contributed by atoms with van der Waals surface area (Å²) in [6.45, 7) is 0.874. The molecule has 1 atom stereocenters. The van der Waals surface area contributed by atoms with Gasteiger partial charge in [0.1, 0.15) is 5.69 Å². The average molecular weight is 275 g/mol. The van der Waals surface area contributed by atoms with Gasteiger partial charge in [0.2, 0.25) is 5.91 Å². The maximum atomic E-state index is 12.2.